The van der Waals surface area contributed by atoms with E-state index in [0.717, 1.165) is 46.4 Å². The zero-order valence-electron chi connectivity index (χ0n) is 23.1. The second kappa shape index (κ2) is 10.2. The fourth-order valence-corrected chi connectivity index (χ4v) is 5.25. The van der Waals surface area contributed by atoms with Crippen LogP contribution >= 0.6 is 0 Å². The van der Waals surface area contributed by atoms with Crippen molar-refractivity contribution in [2.45, 2.75) is 6.54 Å². The van der Waals surface area contributed by atoms with Crippen molar-refractivity contribution in [2.75, 3.05) is 40.7 Å². The van der Waals surface area contributed by atoms with Crippen molar-refractivity contribution in [3.8, 4) is 0 Å². The van der Waals surface area contributed by atoms with E-state index in [2.05, 4.69) is 114 Å². The van der Waals surface area contributed by atoms with Gasteiger partial charge in [0.15, 0.2) is 0 Å². The first-order chi connectivity index (χ1) is 19.4. The van der Waals surface area contributed by atoms with E-state index < -0.39 is 0 Å². The Morgan fingerprint density at radius 2 is 1.00 bits per heavy atom. The third-order valence-corrected chi connectivity index (χ3v) is 7.76. The van der Waals surface area contributed by atoms with Gasteiger partial charge >= 0.3 is 0 Å². The third kappa shape index (κ3) is 4.76. The molecule has 0 bridgehead atoms. The van der Waals surface area contributed by atoms with Crippen molar-refractivity contribution in [1.82, 2.24) is 4.57 Å². The van der Waals surface area contributed by atoms with Crippen molar-refractivity contribution >= 4 is 61.6 Å². The Hall–Kier alpha value is -5.10. The van der Waals surface area contributed by atoms with Crippen LogP contribution in [0.15, 0.2) is 109 Å². The van der Waals surface area contributed by atoms with E-state index in [1.807, 2.05) is 36.4 Å². The minimum Gasteiger partial charge on any atom is -0.399 e. The lowest BCUT2D eigenvalue weighted by molar-refractivity contribution is 1.01. The highest BCUT2D eigenvalue weighted by atomic mass is 15.1. The lowest BCUT2D eigenvalue weighted by Gasteiger charge is -2.21. The Labute approximate surface area is 235 Å². The first-order valence-corrected chi connectivity index (χ1v) is 13.4. The molecule has 40 heavy (non-hydrogen) atoms. The zero-order valence-corrected chi connectivity index (χ0v) is 23.1. The summed E-state index contributed by atoms with van der Waals surface area (Å²) in [5, 5.41) is 5.95. The molecule has 6 nitrogen and oxygen atoms in total. The van der Waals surface area contributed by atoms with E-state index in [1.165, 1.54) is 27.4 Å². The van der Waals surface area contributed by atoms with Crippen LogP contribution in [-0.2, 0) is 13.6 Å². The Balaban J connectivity index is 1.27. The molecule has 0 saturated carbocycles. The van der Waals surface area contributed by atoms with Gasteiger partial charge in [0, 0.05) is 89.3 Å². The Morgan fingerprint density at radius 3 is 1.50 bits per heavy atom. The van der Waals surface area contributed by atoms with Crippen LogP contribution in [0.25, 0.3) is 21.8 Å². The quantitative estimate of drug-likeness (QED) is 0.186. The van der Waals surface area contributed by atoms with Crippen LogP contribution in [0.5, 0.6) is 0 Å². The van der Waals surface area contributed by atoms with Crippen LogP contribution in [0.3, 0.4) is 0 Å². The number of nitrogens with one attached hydrogen (secondary N) is 1. The van der Waals surface area contributed by atoms with Gasteiger partial charge in [-0.25, -0.2) is 0 Å². The minimum absolute atomic E-state index is 0.753. The van der Waals surface area contributed by atoms with Gasteiger partial charge in [-0.3, -0.25) is 0 Å². The first kappa shape index (κ1) is 25.2. The molecular weight excluding hydrogens is 492 g/mol. The zero-order chi connectivity index (χ0) is 27.8. The van der Waals surface area contributed by atoms with Crippen LogP contribution in [0.4, 0.5) is 39.8 Å². The molecule has 0 aliphatic carbocycles. The molecule has 0 atom stereocenters. The van der Waals surface area contributed by atoms with Crippen molar-refractivity contribution in [2.24, 2.45) is 7.05 Å². The molecule has 5 aromatic carbocycles. The molecule has 0 saturated heterocycles. The average Bonchev–Trinajstić information content (AvgIpc) is 3.27. The maximum atomic E-state index is 5.90. The highest BCUT2D eigenvalue weighted by molar-refractivity contribution is 6.10. The fraction of sp³-hybridized carbons (Fsp3) is 0.118. The summed E-state index contributed by atoms with van der Waals surface area (Å²) in [6.45, 7) is 0.753. The average molecular weight is 527 g/mol. The van der Waals surface area contributed by atoms with Gasteiger partial charge in [0.25, 0.3) is 0 Å². The first-order valence-electron chi connectivity index (χ1n) is 13.4. The van der Waals surface area contributed by atoms with Gasteiger partial charge in [-0.1, -0.05) is 12.1 Å². The summed E-state index contributed by atoms with van der Waals surface area (Å²) in [4.78, 5) is 4.42. The number of aromatic nitrogens is 1. The summed E-state index contributed by atoms with van der Waals surface area (Å²) in [6, 6.07) is 37.8. The molecule has 0 unspecified atom stereocenters. The maximum absolute atomic E-state index is 5.90. The van der Waals surface area contributed by atoms with Crippen molar-refractivity contribution in [3.05, 3.63) is 115 Å². The third-order valence-electron chi connectivity index (χ3n) is 7.76. The van der Waals surface area contributed by atoms with Crippen LogP contribution in [0.2, 0.25) is 0 Å². The number of nitrogens with two attached hydrogens (primary N) is 2. The Bertz CT molecular complexity index is 1780. The molecule has 0 spiro atoms. The monoisotopic (exact) mass is 526 g/mol. The van der Waals surface area contributed by atoms with E-state index in [9.17, 15) is 0 Å². The number of nitrogens with zero attached hydrogens (tertiary/aromatic N) is 3. The molecular formula is C34H34N6. The van der Waals surface area contributed by atoms with E-state index in [-0.39, 0.29) is 0 Å². The molecule has 0 radical (unpaired) electrons. The number of fused-ring (bicyclic) bond motifs is 3. The van der Waals surface area contributed by atoms with Gasteiger partial charge in [0.1, 0.15) is 0 Å². The van der Waals surface area contributed by atoms with Crippen molar-refractivity contribution in [1.29, 1.82) is 0 Å². The summed E-state index contributed by atoms with van der Waals surface area (Å²) in [6.07, 6.45) is 0. The molecule has 1 heterocycles. The number of hydrogen-bond acceptors (Lipinski definition) is 5. The molecule has 0 amide bonds. The summed E-state index contributed by atoms with van der Waals surface area (Å²) in [5.41, 5.74) is 22.4. The van der Waals surface area contributed by atoms with Crippen molar-refractivity contribution < 1.29 is 0 Å². The highest BCUT2D eigenvalue weighted by Gasteiger charge is 2.14. The molecule has 0 fully saturated rings. The van der Waals surface area contributed by atoms with E-state index >= 15 is 0 Å². The molecule has 6 aromatic rings. The van der Waals surface area contributed by atoms with Gasteiger partial charge < -0.3 is 31.2 Å². The smallest absolute Gasteiger partial charge is 0.0490 e. The molecule has 0 aliphatic heterocycles. The second-order valence-electron chi connectivity index (χ2n) is 10.3. The number of benzene rings is 5. The molecule has 6 heteroatoms. The van der Waals surface area contributed by atoms with E-state index in [4.69, 9.17) is 11.5 Å². The van der Waals surface area contributed by atoms with Crippen LogP contribution in [0, 0.1) is 0 Å². The minimum atomic E-state index is 0.753. The summed E-state index contributed by atoms with van der Waals surface area (Å²) in [5.74, 6) is 0. The highest BCUT2D eigenvalue weighted by Crippen LogP contribution is 2.36. The van der Waals surface area contributed by atoms with Gasteiger partial charge in [-0.15, -0.1) is 0 Å². The van der Waals surface area contributed by atoms with E-state index in [1.54, 1.807) is 0 Å². The van der Waals surface area contributed by atoms with Crippen LogP contribution < -0.4 is 26.6 Å². The maximum Gasteiger partial charge on any atom is 0.0490 e. The Kier molecular flexibility index (Phi) is 6.44. The van der Waals surface area contributed by atoms with Gasteiger partial charge in [0.2, 0.25) is 0 Å². The van der Waals surface area contributed by atoms with Gasteiger partial charge in [-0.05, 0) is 103 Å². The van der Waals surface area contributed by atoms with Gasteiger partial charge in [-0.2, -0.15) is 0 Å². The lowest BCUT2D eigenvalue weighted by atomic mass is 10.1. The fourth-order valence-electron chi connectivity index (χ4n) is 5.25. The van der Waals surface area contributed by atoms with E-state index in [0.29, 0.717) is 0 Å². The SMILES string of the molecule is CN(c1ccc(N)cc1)c1ccc2c(c1)c1cc(N(C)c3ccc(NCc4ccc(N)cc4)cc3)ccc1n2C. The summed E-state index contributed by atoms with van der Waals surface area (Å²) in [7, 11) is 6.34. The Morgan fingerprint density at radius 1 is 0.575 bits per heavy atom. The number of nitrogen functional groups attached to an aromatic ring is 2. The van der Waals surface area contributed by atoms with Gasteiger partial charge in [0.05, 0.1) is 0 Å². The predicted octanol–water partition coefficient (Wildman–Crippen LogP) is 7.64. The molecule has 5 N–H and O–H groups in total. The molecule has 1 aromatic heterocycles. The predicted molar refractivity (Wildman–Crippen MR) is 172 cm³/mol. The van der Waals surface area contributed by atoms with Crippen LogP contribution in [-0.4, -0.2) is 18.7 Å². The number of anilines is 7. The van der Waals surface area contributed by atoms with Crippen LogP contribution in [0.1, 0.15) is 5.56 Å². The second-order valence-corrected chi connectivity index (χ2v) is 10.3. The molecule has 6 rings (SSSR count). The number of rotatable bonds is 7. The summed E-state index contributed by atoms with van der Waals surface area (Å²) < 4.78 is 2.27. The molecule has 200 valence electrons. The number of aryl methyl sites for hydroxylation is 1. The topological polar surface area (TPSA) is 75.5 Å². The standard InChI is InChI=1S/C34H34N6/c1-38(27-12-8-25(36)9-13-27)29-16-18-33-31(20-29)32-21-30(17-19-34(32)40(33)3)39(2)28-14-10-26(11-15-28)37-22-23-4-6-24(35)7-5-23/h4-21,37H,22,35-36H2,1-3H3. The number of hydrogen-bond donors (Lipinski definition) is 3. The summed E-state index contributed by atoms with van der Waals surface area (Å²) >= 11 is 0. The lowest BCUT2D eigenvalue weighted by Crippen LogP contribution is -2.09. The molecule has 0 aliphatic rings. The normalized spacial score (nSPS) is 11.2. The van der Waals surface area contributed by atoms with Crippen molar-refractivity contribution in [3.63, 3.8) is 0 Å². The largest absolute Gasteiger partial charge is 0.399 e.